The molecule has 1 aromatic rings. The van der Waals surface area contributed by atoms with E-state index in [-0.39, 0.29) is 19.0 Å². The Balaban J connectivity index is 2.65. The van der Waals surface area contributed by atoms with Gasteiger partial charge in [-0.1, -0.05) is 6.92 Å². The molecule has 0 spiro atoms. The fourth-order valence-electron chi connectivity index (χ4n) is 1.95. The molecule has 0 aliphatic rings. The molecule has 0 radical (unpaired) electrons. The van der Waals surface area contributed by atoms with E-state index in [1.807, 2.05) is 27.7 Å². The van der Waals surface area contributed by atoms with E-state index in [0.717, 1.165) is 17.0 Å². The van der Waals surface area contributed by atoms with Gasteiger partial charge in [-0.05, 0) is 44.9 Å². The summed E-state index contributed by atoms with van der Waals surface area (Å²) in [6.07, 6.45) is 0.816. The number of hydrogen-bond acceptors (Lipinski definition) is 4. The molecular formula is C14H22N2O3S. The molecule has 0 aromatic carbocycles. The Labute approximate surface area is 123 Å². The van der Waals surface area contributed by atoms with Gasteiger partial charge in [0.25, 0.3) is 0 Å². The van der Waals surface area contributed by atoms with Crippen molar-refractivity contribution < 1.29 is 14.7 Å². The van der Waals surface area contributed by atoms with Crippen LogP contribution in [0.25, 0.3) is 0 Å². The highest BCUT2D eigenvalue weighted by atomic mass is 32.1. The van der Waals surface area contributed by atoms with E-state index >= 15 is 0 Å². The minimum atomic E-state index is -0.912. The number of carboxylic acid groups (broad SMARTS) is 1. The van der Waals surface area contributed by atoms with Crippen molar-refractivity contribution in [2.75, 3.05) is 25.0 Å². The van der Waals surface area contributed by atoms with Gasteiger partial charge in [0.2, 0.25) is 5.91 Å². The van der Waals surface area contributed by atoms with Crippen LogP contribution in [-0.4, -0.2) is 41.5 Å². The zero-order valence-corrected chi connectivity index (χ0v) is 13.3. The number of carbonyl (C=O) groups is 2. The topological polar surface area (TPSA) is 69.6 Å². The standard InChI is InChI=1S/C14H22N2O3S/c1-5-6-16(8-13(18)19)7-12(17)15-14-10(3)9(2)11(4)20-14/h5-8H2,1-4H3,(H,15,17)(H,18,19). The summed E-state index contributed by atoms with van der Waals surface area (Å²) in [6, 6.07) is 0. The Morgan fingerprint density at radius 3 is 2.30 bits per heavy atom. The zero-order chi connectivity index (χ0) is 15.3. The van der Waals surface area contributed by atoms with Crippen molar-refractivity contribution in [3.8, 4) is 0 Å². The quantitative estimate of drug-likeness (QED) is 0.811. The summed E-state index contributed by atoms with van der Waals surface area (Å²) in [5.74, 6) is -1.07. The van der Waals surface area contributed by atoms with E-state index < -0.39 is 5.97 Å². The van der Waals surface area contributed by atoms with Crippen molar-refractivity contribution >= 4 is 28.2 Å². The average molecular weight is 298 g/mol. The lowest BCUT2D eigenvalue weighted by Gasteiger charge is -2.18. The second-order valence-corrected chi connectivity index (χ2v) is 6.11. The number of rotatable bonds is 7. The van der Waals surface area contributed by atoms with E-state index in [4.69, 9.17) is 5.11 Å². The summed E-state index contributed by atoms with van der Waals surface area (Å²) in [5.41, 5.74) is 2.28. The van der Waals surface area contributed by atoms with Crippen LogP contribution in [0.5, 0.6) is 0 Å². The van der Waals surface area contributed by atoms with Crippen LogP contribution in [0.2, 0.25) is 0 Å². The Kier molecular flexibility index (Phi) is 6.16. The molecule has 0 saturated heterocycles. The molecule has 0 saturated carbocycles. The summed E-state index contributed by atoms with van der Waals surface area (Å²) >= 11 is 1.56. The van der Waals surface area contributed by atoms with E-state index in [2.05, 4.69) is 5.32 Å². The number of carboxylic acids is 1. The predicted octanol–water partition coefficient (Wildman–Crippen LogP) is 2.41. The van der Waals surface area contributed by atoms with Crippen LogP contribution in [0.1, 0.15) is 29.3 Å². The number of anilines is 1. The van der Waals surface area contributed by atoms with Gasteiger partial charge < -0.3 is 10.4 Å². The second-order valence-electron chi connectivity index (χ2n) is 4.89. The lowest BCUT2D eigenvalue weighted by Crippen LogP contribution is -2.37. The van der Waals surface area contributed by atoms with Gasteiger partial charge in [0.15, 0.2) is 0 Å². The number of carbonyl (C=O) groups excluding carboxylic acids is 1. The van der Waals surface area contributed by atoms with Gasteiger partial charge in [-0.15, -0.1) is 11.3 Å². The highest BCUT2D eigenvalue weighted by Crippen LogP contribution is 2.31. The van der Waals surface area contributed by atoms with Crippen molar-refractivity contribution in [3.63, 3.8) is 0 Å². The number of amides is 1. The van der Waals surface area contributed by atoms with Gasteiger partial charge in [-0.2, -0.15) is 0 Å². The summed E-state index contributed by atoms with van der Waals surface area (Å²) in [4.78, 5) is 25.6. The molecule has 1 amide bonds. The zero-order valence-electron chi connectivity index (χ0n) is 12.4. The molecular weight excluding hydrogens is 276 g/mol. The van der Waals surface area contributed by atoms with Gasteiger partial charge in [-0.3, -0.25) is 14.5 Å². The molecule has 112 valence electrons. The van der Waals surface area contributed by atoms with Crippen LogP contribution in [0, 0.1) is 20.8 Å². The van der Waals surface area contributed by atoms with Gasteiger partial charge in [-0.25, -0.2) is 0 Å². The number of nitrogens with zero attached hydrogens (tertiary/aromatic N) is 1. The minimum Gasteiger partial charge on any atom is -0.480 e. The van der Waals surface area contributed by atoms with E-state index in [1.165, 1.54) is 10.4 Å². The van der Waals surface area contributed by atoms with Gasteiger partial charge in [0.05, 0.1) is 18.1 Å². The van der Waals surface area contributed by atoms with Gasteiger partial charge in [0, 0.05) is 4.88 Å². The van der Waals surface area contributed by atoms with Gasteiger partial charge >= 0.3 is 5.97 Å². The van der Waals surface area contributed by atoms with Crippen molar-refractivity contribution in [2.24, 2.45) is 0 Å². The van der Waals surface area contributed by atoms with Crippen molar-refractivity contribution in [1.82, 2.24) is 4.90 Å². The number of aliphatic carboxylic acids is 1. The fourth-order valence-corrected chi connectivity index (χ4v) is 3.03. The Morgan fingerprint density at radius 2 is 1.85 bits per heavy atom. The largest absolute Gasteiger partial charge is 0.480 e. The van der Waals surface area contributed by atoms with Crippen LogP contribution in [-0.2, 0) is 9.59 Å². The number of hydrogen-bond donors (Lipinski definition) is 2. The second kappa shape index (κ2) is 7.40. The predicted molar refractivity (Wildman–Crippen MR) is 81.5 cm³/mol. The molecule has 0 aliphatic heterocycles. The highest BCUT2D eigenvalue weighted by molar-refractivity contribution is 7.16. The van der Waals surface area contributed by atoms with Crippen LogP contribution >= 0.6 is 11.3 Å². The summed E-state index contributed by atoms with van der Waals surface area (Å²) in [5, 5.41) is 12.6. The number of thiophene rings is 1. The van der Waals surface area contributed by atoms with E-state index in [0.29, 0.717) is 6.54 Å². The molecule has 20 heavy (non-hydrogen) atoms. The Bertz CT molecular complexity index is 497. The Hall–Kier alpha value is -1.40. The molecule has 0 bridgehead atoms. The summed E-state index contributed by atoms with van der Waals surface area (Å²) in [7, 11) is 0. The molecule has 6 heteroatoms. The smallest absolute Gasteiger partial charge is 0.317 e. The maximum atomic E-state index is 12.0. The van der Waals surface area contributed by atoms with Crippen molar-refractivity contribution in [1.29, 1.82) is 0 Å². The average Bonchev–Trinajstić information content (AvgIpc) is 2.56. The molecule has 0 fully saturated rings. The first-order chi connectivity index (χ1) is 9.35. The molecule has 1 aromatic heterocycles. The van der Waals surface area contributed by atoms with E-state index in [9.17, 15) is 9.59 Å². The first-order valence-electron chi connectivity index (χ1n) is 6.65. The molecule has 0 aliphatic carbocycles. The van der Waals surface area contributed by atoms with Crippen molar-refractivity contribution in [3.05, 3.63) is 16.0 Å². The lowest BCUT2D eigenvalue weighted by atomic mass is 10.2. The molecule has 0 unspecified atom stereocenters. The third-order valence-corrected chi connectivity index (χ3v) is 4.43. The normalized spacial score (nSPS) is 10.8. The van der Waals surface area contributed by atoms with Crippen LogP contribution < -0.4 is 5.32 Å². The number of nitrogens with one attached hydrogen (secondary N) is 1. The maximum absolute atomic E-state index is 12.0. The number of aryl methyl sites for hydroxylation is 1. The first-order valence-corrected chi connectivity index (χ1v) is 7.47. The third kappa shape index (κ3) is 4.61. The molecule has 2 N–H and O–H groups in total. The maximum Gasteiger partial charge on any atom is 0.317 e. The van der Waals surface area contributed by atoms with Crippen LogP contribution in [0.3, 0.4) is 0 Å². The SMILES string of the molecule is CCCN(CC(=O)O)CC(=O)Nc1sc(C)c(C)c1C. The Morgan fingerprint density at radius 1 is 1.20 bits per heavy atom. The highest BCUT2D eigenvalue weighted by Gasteiger charge is 2.15. The lowest BCUT2D eigenvalue weighted by molar-refractivity contribution is -0.138. The molecule has 0 atom stereocenters. The minimum absolute atomic E-state index is 0.107. The van der Waals surface area contributed by atoms with Crippen LogP contribution in [0.4, 0.5) is 5.00 Å². The molecule has 1 rings (SSSR count). The fraction of sp³-hybridized carbons (Fsp3) is 0.571. The monoisotopic (exact) mass is 298 g/mol. The van der Waals surface area contributed by atoms with E-state index in [1.54, 1.807) is 16.2 Å². The van der Waals surface area contributed by atoms with Crippen molar-refractivity contribution in [2.45, 2.75) is 34.1 Å². The summed E-state index contributed by atoms with van der Waals surface area (Å²) in [6.45, 7) is 8.60. The molecule has 5 nitrogen and oxygen atoms in total. The van der Waals surface area contributed by atoms with Gasteiger partial charge in [0.1, 0.15) is 0 Å². The molecule has 1 heterocycles. The van der Waals surface area contributed by atoms with Crippen LogP contribution in [0.15, 0.2) is 0 Å². The summed E-state index contributed by atoms with van der Waals surface area (Å²) < 4.78 is 0. The first kappa shape index (κ1) is 16.7. The third-order valence-electron chi connectivity index (χ3n) is 3.21.